The van der Waals surface area contributed by atoms with E-state index in [1.165, 1.54) is 18.4 Å². The van der Waals surface area contributed by atoms with Crippen LogP contribution in [0.15, 0.2) is 41.0 Å². The van der Waals surface area contributed by atoms with Gasteiger partial charge in [0.25, 0.3) is 0 Å². The summed E-state index contributed by atoms with van der Waals surface area (Å²) in [7, 11) is 0. The zero-order chi connectivity index (χ0) is 11.8. The lowest BCUT2D eigenvalue weighted by atomic mass is 10.1. The van der Waals surface area contributed by atoms with Crippen molar-refractivity contribution in [2.24, 2.45) is 0 Å². The van der Waals surface area contributed by atoms with Crippen molar-refractivity contribution in [1.82, 2.24) is 9.97 Å². The smallest absolute Gasteiger partial charge is 0.223 e. The maximum Gasteiger partial charge on any atom is 0.223 e. The Balaban J connectivity index is 2.39. The Bertz CT molecular complexity index is 682. The van der Waals surface area contributed by atoms with Gasteiger partial charge in [-0.3, -0.25) is 0 Å². The first kappa shape index (κ1) is 10.2. The van der Waals surface area contributed by atoms with Crippen LogP contribution in [0.2, 0.25) is 5.28 Å². The Kier molecular flexibility index (Phi) is 2.30. The van der Waals surface area contributed by atoms with Gasteiger partial charge >= 0.3 is 0 Å². The van der Waals surface area contributed by atoms with E-state index in [1.807, 2.05) is 0 Å². The highest BCUT2D eigenvalue weighted by Gasteiger charge is 2.11. The lowest BCUT2D eigenvalue weighted by molar-refractivity contribution is 0.580. The van der Waals surface area contributed by atoms with E-state index in [1.54, 1.807) is 18.2 Å². The van der Waals surface area contributed by atoms with Gasteiger partial charge in [0.15, 0.2) is 5.76 Å². The molecule has 0 unspecified atom stereocenters. The van der Waals surface area contributed by atoms with Crippen molar-refractivity contribution in [2.45, 2.75) is 0 Å². The van der Waals surface area contributed by atoms with Gasteiger partial charge < -0.3 is 4.42 Å². The van der Waals surface area contributed by atoms with Gasteiger partial charge in [0.1, 0.15) is 11.5 Å². The van der Waals surface area contributed by atoms with Gasteiger partial charge in [-0.25, -0.2) is 14.4 Å². The minimum Gasteiger partial charge on any atom is -0.463 e. The first-order valence-electron chi connectivity index (χ1n) is 4.91. The van der Waals surface area contributed by atoms with Gasteiger partial charge in [0.05, 0.1) is 11.8 Å². The van der Waals surface area contributed by atoms with E-state index in [0.717, 1.165) is 0 Å². The van der Waals surface area contributed by atoms with Crippen LogP contribution in [0.1, 0.15) is 0 Å². The normalized spacial score (nSPS) is 10.9. The molecule has 3 rings (SSSR count). The molecule has 0 amide bonds. The van der Waals surface area contributed by atoms with E-state index >= 15 is 0 Å². The minimum absolute atomic E-state index is 0.107. The van der Waals surface area contributed by atoms with Crippen LogP contribution in [0, 0.1) is 5.82 Å². The largest absolute Gasteiger partial charge is 0.463 e. The van der Waals surface area contributed by atoms with Crippen LogP contribution in [0.3, 0.4) is 0 Å². The number of hydrogen-bond acceptors (Lipinski definition) is 3. The molecule has 0 saturated carbocycles. The van der Waals surface area contributed by atoms with E-state index in [2.05, 4.69) is 9.97 Å². The molecule has 0 fully saturated rings. The fourth-order valence-electron chi connectivity index (χ4n) is 1.67. The summed E-state index contributed by atoms with van der Waals surface area (Å²) in [6, 6.07) is 7.73. The molecule has 5 heteroatoms. The fourth-order valence-corrected chi connectivity index (χ4v) is 1.85. The van der Waals surface area contributed by atoms with E-state index in [4.69, 9.17) is 16.0 Å². The van der Waals surface area contributed by atoms with E-state index in [9.17, 15) is 4.39 Å². The predicted octanol–water partition coefficient (Wildman–Crippen LogP) is 3.68. The third kappa shape index (κ3) is 1.76. The molecule has 1 aromatic carbocycles. The molecule has 0 aliphatic rings. The van der Waals surface area contributed by atoms with Crippen LogP contribution in [-0.2, 0) is 0 Å². The van der Waals surface area contributed by atoms with Gasteiger partial charge in [-0.05, 0) is 41.9 Å². The maximum atomic E-state index is 13.2. The van der Waals surface area contributed by atoms with E-state index in [-0.39, 0.29) is 11.1 Å². The van der Waals surface area contributed by atoms with E-state index in [0.29, 0.717) is 22.4 Å². The van der Waals surface area contributed by atoms with Crippen LogP contribution in [-0.4, -0.2) is 9.97 Å². The Labute approximate surface area is 101 Å². The van der Waals surface area contributed by atoms with Gasteiger partial charge in [-0.1, -0.05) is 0 Å². The summed E-state index contributed by atoms with van der Waals surface area (Å²) < 4.78 is 18.5. The third-order valence-electron chi connectivity index (χ3n) is 2.39. The quantitative estimate of drug-likeness (QED) is 0.617. The second-order valence-electron chi connectivity index (χ2n) is 3.48. The second-order valence-corrected chi connectivity index (χ2v) is 3.82. The van der Waals surface area contributed by atoms with Crippen molar-refractivity contribution in [2.75, 3.05) is 0 Å². The minimum atomic E-state index is -0.351. The van der Waals surface area contributed by atoms with Crippen molar-refractivity contribution in [3.8, 4) is 11.5 Å². The van der Waals surface area contributed by atoms with Crippen LogP contribution in [0.25, 0.3) is 22.4 Å². The maximum absolute atomic E-state index is 13.2. The molecule has 0 atom stereocenters. The molecule has 0 radical (unpaired) electrons. The molecule has 0 saturated heterocycles. The first-order valence-corrected chi connectivity index (χ1v) is 5.28. The van der Waals surface area contributed by atoms with Gasteiger partial charge in [-0.2, -0.15) is 0 Å². The Hall–Kier alpha value is -1.94. The standard InChI is InChI=1S/C12H6ClFN2O/c13-12-15-9-4-3-7(14)6-8(9)11(16-12)10-2-1-5-17-10/h1-6H. The molecule has 2 aromatic heterocycles. The number of benzene rings is 1. The summed E-state index contributed by atoms with van der Waals surface area (Å²) in [6.45, 7) is 0. The number of halogens is 2. The van der Waals surface area contributed by atoms with Gasteiger partial charge in [-0.15, -0.1) is 0 Å². The summed E-state index contributed by atoms with van der Waals surface area (Å²) in [4.78, 5) is 8.11. The van der Waals surface area contributed by atoms with E-state index < -0.39 is 0 Å². The Morgan fingerprint density at radius 3 is 2.82 bits per heavy atom. The lowest BCUT2D eigenvalue weighted by Gasteiger charge is -2.03. The third-order valence-corrected chi connectivity index (χ3v) is 2.55. The average Bonchev–Trinajstić information content (AvgIpc) is 2.82. The van der Waals surface area contributed by atoms with Gasteiger partial charge in [0.2, 0.25) is 5.28 Å². The summed E-state index contributed by atoms with van der Waals surface area (Å²) >= 11 is 5.82. The number of nitrogens with zero attached hydrogens (tertiary/aromatic N) is 2. The molecule has 0 N–H and O–H groups in total. The van der Waals surface area contributed by atoms with Crippen LogP contribution < -0.4 is 0 Å². The molecule has 0 bridgehead atoms. The summed E-state index contributed by atoms with van der Waals surface area (Å²) in [5.41, 5.74) is 1.07. The second kappa shape index (κ2) is 3.82. The molecular weight excluding hydrogens is 243 g/mol. The highest BCUT2D eigenvalue weighted by atomic mass is 35.5. The van der Waals surface area contributed by atoms with Gasteiger partial charge in [0, 0.05) is 5.39 Å². The molecule has 0 aliphatic carbocycles. The highest BCUT2D eigenvalue weighted by Crippen LogP contribution is 2.27. The molecule has 3 aromatic rings. The number of aromatic nitrogens is 2. The van der Waals surface area contributed by atoms with Crippen molar-refractivity contribution < 1.29 is 8.81 Å². The lowest BCUT2D eigenvalue weighted by Crippen LogP contribution is -1.91. The number of hydrogen-bond donors (Lipinski definition) is 0. The molecule has 0 spiro atoms. The zero-order valence-corrected chi connectivity index (χ0v) is 9.28. The van der Waals surface area contributed by atoms with Crippen LogP contribution in [0.5, 0.6) is 0 Å². The van der Waals surface area contributed by atoms with Crippen LogP contribution in [0.4, 0.5) is 4.39 Å². The Morgan fingerprint density at radius 1 is 1.18 bits per heavy atom. The molecule has 0 aliphatic heterocycles. The van der Waals surface area contributed by atoms with Crippen molar-refractivity contribution in [1.29, 1.82) is 0 Å². The van der Waals surface area contributed by atoms with Crippen molar-refractivity contribution in [3.05, 3.63) is 47.7 Å². The van der Waals surface area contributed by atoms with Crippen LogP contribution >= 0.6 is 11.6 Å². The SMILES string of the molecule is Fc1ccc2nc(Cl)nc(-c3ccco3)c2c1. The molecule has 84 valence electrons. The fraction of sp³-hybridized carbons (Fsp3) is 0. The first-order chi connectivity index (χ1) is 8.24. The molecule has 2 heterocycles. The summed E-state index contributed by atoms with van der Waals surface area (Å²) in [5.74, 6) is 0.182. The van der Waals surface area contributed by atoms with Crippen molar-refractivity contribution >= 4 is 22.5 Å². The topological polar surface area (TPSA) is 38.9 Å². The highest BCUT2D eigenvalue weighted by molar-refractivity contribution is 6.28. The monoisotopic (exact) mass is 248 g/mol. The zero-order valence-electron chi connectivity index (χ0n) is 8.52. The number of fused-ring (bicyclic) bond motifs is 1. The number of rotatable bonds is 1. The molecular formula is C12H6ClFN2O. The molecule has 17 heavy (non-hydrogen) atoms. The number of furan rings is 1. The molecule has 3 nitrogen and oxygen atoms in total. The average molecular weight is 249 g/mol. The summed E-state index contributed by atoms with van der Waals surface area (Å²) in [5, 5.41) is 0.680. The summed E-state index contributed by atoms with van der Waals surface area (Å²) in [6.07, 6.45) is 1.52. The Morgan fingerprint density at radius 2 is 2.06 bits per heavy atom. The predicted molar refractivity (Wildman–Crippen MR) is 62.2 cm³/mol. The van der Waals surface area contributed by atoms with Crippen molar-refractivity contribution in [3.63, 3.8) is 0 Å².